The van der Waals surface area contributed by atoms with Crippen LogP contribution in [0, 0.1) is 0 Å². The first kappa shape index (κ1) is 17.0. The quantitative estimate of drug-likeness (QED) is 0.708. The zero-order valence-electron chi connectivity index (χ0n) is 12.7. The van der Waals surface area contributed by atoms with Gasteiger partial charge >= 0.3 is 5.97 Å². The molecular weight excluding hydrogens is 270 g/mol. The van der Waals surface area contributed by atoms with Crippen LogP contribution in [-0.2, 0) is 20.7 Å². The van der Waals surface area contributed by atoms with Gasteiger partial charge in [-0.15, -0.1) is 0 Å². The molecule has 0 atom stereocenters. The highest BCUT2D eigenvalue weighted by Gasteiger charge is 2.07. The minimum Gasteiger partial charge on any atom is -0.494 e. The minimum absolute atomic E-state index is 0.0781. The van der Waals surface area contributed by atoms with E-state index < -0.39 is 0 Å². The van der Waals surface area contributed by atoms with E-state index in [2.05, 4.69) is 5.32 Å². The summed E-state index contributed by atoms with van der Waals surface area (Å²) >= 11 is 0. The molecular formula is C16H23NO4. The second-order valence-corrected chi connectivity index (χ2v) is 4.45. The largest absolute Gasteiger partial charge is 0.494 e. The van der Waals surface area contributed by atoms with E-state index in [1.165, 1.54) is 0 Å². The van der Waals surface area contributed by atoms with Crippen LogP contribution in [-0.4, -0.2) is 31.6 Å². The lowest BCUT2D eigenvalue weighted by Gasteiger charge is -2.10. The van der Waals surface area contributed by atoms with Crippen molar-refractivity contribution in [3.8, 4) is 5.75 Å². The van der Waals surface area contributed by atoms with Gasteiger partial charge in [0.1, 0.15) is 5.75 Å². The van der Waals surface area contributed by atoms with Crippen LogP contribution < -0.4 is 10.1 Å². The van der Waals surface area contributed by atoms with Crippen LogP contribution in [0.1, 0.15) is 32.3 Å². The number of amides is 1. The highest BCUT2D eigenvalue weighted by molar-refractivity contribution is 5.77. The molecule has 21 heavy (non-hydrogen) atoms. The number of hydrogen-bond acceptors (Lipinski definition) is 4. The van der Waals surface area contributed by atoms with Crippen molar-refractivity contribution in [3.05, 3.63) is 29.8 Å². The van der Waals surface area contributed by atoms with Crippen LogP contribution in [0.3, 0.4) is 0 Å². The molecule has 0 heterocycles. The maximum atomic E-state index is 11.7. The molecule has 0 fully saturated rings. The zero-order valence-corrected chi connectivity index (χ0v) is 12.7. The van der Waals surface area contributed by atoms with Crippen molar-refractivity contribution in [1.82, 2.24) is 5.32 Å². The smallest absolute Gasteiger partial charge is 0.307 e. The highest BCUT2D eigenvalue weighted by Crippen LogP contribution is 2.19. The third-order valence-corrected chi connectivity index (χ3v) is 2.85. The number of nitrogens with one attached hydrogen (secondary N) is 1. The number of carbonyl (C=O) groups is 2. The van der Waals surface area contributed by atoms with Crippen LogP contribution in [0.25, 0.3) is 0 Å². The van der Waals surface area contributed by atoms with Gasteiger partial charge < -0.3 is 14.8 Å². The summed E-state index contributed by atoms with van der Waals surface area (Å²) in [5.74, 6) is 0.449. The summed E-state index contributed by atoms with van der Waals surface area (Å²) in [6.07, 6.45) is 1.18. The first-order valence-corrected chi connectivity index (χ1v) is 7.30. The molecule has 0 aliphatic heterocycles. The summed E-state index contributed by atoms with van der Waals surface area (Å²) < 4.78 is 10.3. The van der Waals surface area contributed by atoms with Gasteiger partial charge in [-0.3, -0.25) is 9.59 Å². The third-order valence-electron chi connectivity index (χ3n) is 2.85. The van der Waals surface area contributed by atoms with Crippen LogP contribution in [0.15, 0.2) is 24.3 Å². The molecule has 0 aliphatic rings. The van der Waals surface area contributed by atoms with E-state index >= 15 is 0 Å². The molecule has 0 saturated heterocycles. The van der Waals surface area contributed by atoms with Crippen molar-refractivity contribution in [3.63, 3.8) is 0 Å². The van der Waals surface area contributed by atoms with Crippen LogP contribution in [0.5, 0.6) is 5.75 Å². The van der Waals surface area contributed by atoms with Crippen LogP contribution >= 0.6 is 0 Å². The standard InChI is InChI=1S/C16H23NO4/c1-3-20-14-8-6-5-7-13(14)9-10-15(18)17-12-11-16(19)21-4-2/h5-8H,3-4,9-12H2,1-2H3,(H,17,18). The number of benzene rings is 1. The summed E-state index contributed by atoms with van der Waals surface area (Å²) in [6.45, 7) is 4.96. The molecule has 0 radical (unpaired) electrons. The van der Waals surface area contributed by atoms with Crippen molar-refractivity contribution in [2.45, 2.75) is 33.1 Å². The number of rotatable bonds is 9. The zero-order chi connectivity index (χ0) is 15.5. The van der Waals surface area contributed by atoms with Gasteiger partial charge in [0, 0.05) is 13.0 Å². The Morgan fingerprint density at radius 2 is 1.86 bits per heavy atom. The molecule has 1 rings (SSSR count). The van der Waals surface area contributed by atoms with Crippen LogP contribution in [0.2, 0.25) is 0 Å². The summed E-state index contributed by atoms with van der Waals surface area (Å²) in [6, 6.07) is 7.69. The Labute approximate surface area is 125 Å². The fourth-order valence-corrected chi connectivity index (χ4v) is 1.88. The van der Waals surface area contributed by atoms with Gasteiger partial charge in [0.15, 0.2) is 0 Å². The number of aryl methyl sites for hydroxylation is 1. The van der Waals surface area contributed by atoms with E-state index in [0.29, 0.717) is 32.6 Å². The maximum absolute atomic E-state index is 11.7. The number of hydrogen-bond donors (Lipinski definition) is 1. The van der Waals surface area contributed by atoms with Gasteiger partial charge in [-0.2, -0.15) is 0 Å². The lowest BCUT2D eigenvalue weighted by atomic mass is 10.1. The van der Waals surface area contributed by atoms with Crippen molar-refractivity contribution < 1.29 is 19.1 Å². The Morgan fingerprint density at radius 1 is 1.10 bits per heavy atom. The third kappa shape index (κ3) is 6.79. The topological polar surface area (TPSA) is 64.6 Å². The summed E-state index contributed by atoms with van der Waals surface area (Å²) in [4.78, 5) is 22.9. The molecule has 0 unspecified atom stereocenters. The number of esters is 1. The van der Waals surface area contributed by atoms with Gasteiger partial charge in [-0.1, -0.05) is 18.2 Å². The lowest BCUT2D eigenvalue weighted by Crippen LogP contribution is -2.26. The van der Waals surface area contributed by atoms with E-state index in [-0.39, 0.29) is 18.3 Å². The molecule has 5 heteroatoms. The SMILES string of the molecule is CCOC(=O)CCNC(=O)CCc1ccccc1OCC. The Balaban J connectivity index is 2.31. The molecule has 0 bridgehead atoms. The number of carbonyl (C=O) groups excluding carboxylic acids is 2. The predicted molar refractivity (Wildman–Crippen MR) is 80.2 cm³/mol. The first-order valence-electron chi connectivity index (χ1n) is 7.30. The molecule has 0 aromatic heterocycles. The molecule has 1 amide bonds. The van der Waals surface area contributed by atoms with E-state index in [1.54, 1.807) is 6.92 Å². The Kier molecular flexibility index (Phi) is 7.94. The lowest BCUT2D eigenvalue weighted by molar-refractivity contribution is -0.143. The number of ether oxygens (including phenoxy) is 2. The second kappa shape index (κ2) is 9.80. The van der Waals surface area contributed by atoms with E-state index in [4.69, 9.17) is 9.47 Å². The molecule has 0 spiro atoms. The highest BCUT2D eigenvalue weighted by atomic mass is 16.5. The van der Waals surface area contributed by atoms with Crippen molar-refractivity contribution in [2.24, 2.45) is 0 Å². The fourth-order valence-electron chi connectivity index (χ4n) is 1.88. The molecule has 116 valence electrons. The van der Waals surface area contributed by atoms with Gasteiger partial charge in [0.05, 0.1) is 19.6 Å². The number of para-hydroxylation sites is 1. The average Bonchev–Trinajstić information content (AvgIpc) is 2.47. The normalized spacial score (nSPS) is 10.0. The van der Waals surface area contributed by atoms with E-state index in [1.807, 2.05) is 31.2 Å². The molecule has 0 saturated carbocycles. The van der Waals surface area contributed by atoms with Gasteiger partial charge in [-0.25, -0.2) is 0 Å². The van der Waals surface area contributed by atoms with Gasteiger partial charge in [0.2, 0.25) is 5.91 Å². The average molecular weight is 293 g/mol. The Hall–Kier alpha value is -2.04. The first-order chi connectivity index (χ1) is 10.2. The van der Waals surface area contributed by atoms with Crippen molar-refractivity contribution >= 4 is 11.9 Å². The van der Waals surface area contributed by atoms with E-state index in [0.717, 1.165) is 11.3 Å². The molecule has 1 aromatic rings. The van der Waals surface area contributed by atoms with Gasteiger partial charge in [-0.05, 0) is 31.9 Å². The molecule has 1 aromatic carbocycles. The molecule has 0 aliphatic carbocycles. The summed E-state index contributed by atoms with van der Waals surface area (Å²) in [5.41, 5.74) is 1.01. The predicted octanol–water partition coefficient (Wildman–Crippen LogP) is 2.09. The fraction of sp³-hybridized carbons (Fsp3) is 0.500. The molecule has 5 nitrogen and oxygen atoms in total. The minimum atomic E-state index is -0.292. The van der Waals surface area contributed by atoms with Crippen molar-refractivity contribution in [1.29, 1.82) is 0 Å². The maximum Gasteiger partial charge on any atom is 0.307 e. The Bertz CT molecular complexity index is 459. The second-order valence-electron chi connectivity index (χ2n) is 4.45. The van der Waals surface area contributed by atoms with Crippen LogP contribution in [0.4, 0.5) is 0 Å². The summed E-state index contributed by atoms with van der Waals surface area (Å²) in [5, 5.41) is 2.71. The van der Waals surface area contributed by atoms with E-state index in [9.17, 15) is 9.59 Å². The van der Waals surface area contributed by atoms with Gasteiger partial charge in [0.25, 0.3) is 0 Å². The monoisotopic (exact) mass is 293 g/mol. The summed E-state index contributed by atoms with van der Waals surface area (Å²) in [7, 11) is 0. The molecule has 1 N–H and O–H groups in total. The van der Waals surface area contributed by atoms with Crippen molar-refractivity contribution in [2.75, 3.05) is 19.8 Å². The Morgan fingerprint density at radius 3 is 2.57 bits per heavy atom.